The van der Waals surface area contributed by atoms with Crippen molar-refractivity contribution in [3.05, 3.63) is 29.1 Å². The maximum absolute atomic E-state index is 13.8. The molecule has 0 radical (unpaired) electrons. The number of carbonyl (C=O) groups is 3. The molecule has 3 fully saturated rings. The third-order valence-electron chi connectivity index (χ3n) is 8.54. The maximum atomic E-state index is 13.8. The van der Waals surface area contributed by atoms with E-state index in [1.807, 2.05) is 26.0 Å². The summed E-state index contributed by atoms with van der Waals surface area (Å²) in [5.74, 6) is -1.45. The predicted molar refractivity (Wildman–Crippen MR) is 132 cm³/mol. The largest absolute Gasteiger partial charge is 1.00 e. The Morgan fingerprint density at radius 2 is 1.92 bits per heavy atom. The molecular formula is C25H33N4NaO7S. The first kappa shape index (κ1) is 29.3. The first-order valence-corrected chi connectivity index (χ1v) is 14.2. The normalized spacial score (nSPS) is 27.3. The zero-order valence-electron chi connectivity index (χ0n) is 22.1. The minimum Gasteiger partial charge on any atom is -0.746 e. The standard InChI is InChI=1S/C25H34N4O7S.Na/c1-12(24(33)37(34,35)36)26-22(31)20-18-15(25(18,2)3)11-29(20)23(32)19(13-8-9-13)28-21(30)17-10-14-6-4-5-7-16(14)27-17;/h4,6,10,12-13,15,18-20,24,27,33H,5,7-9,11H2,1-3H3,(H,26,31)(H,28,30)(H,34,35,36);/q;+1/p-1/t12-,15-,18-,19-,20-,24?;/m0./s1. The minimum absolute atomic E-state index is 0. The molecule has 0 aromatic carbocycles. The molecule has 1 aromatic rings. The van der Waals surface area contributed by atoms with Crippen molar-refractivity contribution in [2.75, 3.05) is 6.54 Å². The van der Waals surface area contributed by atoms with Crippen LogP contribution >= 0.6 is 0 Å². The average molecular weight is 557 g/mol. The van der Waals surface area contributed by atoms with Gasteiger partial charge in [-0.3, -0.25) is 14.4 Å². The quantitative estimate of drug-likeness (QED) is 0.200. The molecule has 4 N–H and O–H groups in total. The molecule has 5 rings (SSSR count). The van der Waals surface area contributed by atoms with E-state index in [9.17, 15) is 32.5 Å². The molecule has 2 saturated carbocycles. The molecule has 3 amide bonds. The number of aryl methyl sites for hydroxylation is 1. The van der Waals surface area contributed by atoms with Crippen LogP contribution in [-0.2, 0) is 26.1 Å². The van der Waals surface area contributed by atoms with E-state index < -0.39 is 39.6 Å². The van der Waals surface area contributed by atoms with E-state index in [0.717, 1.165) is 36.9 Å². The van der Waals surface area contributed by atoms with Gasteiger partial charge in [0.2, 0.25) is 11.8 Å². The van der Waals surface area contributed by atoms with Gasteiger partial charge in [0.25, 0.3) is 5.91 Å². The summed E-state index contributed by atoms with van der Waals surface area (Å²) in [5, 5.41) is 15.1. The number of hydrogen-bond acceptors (Lipinski definition) is 7. The Morgan fingerprint density at radius 1 is 1.24 bits per heavy atom. The van der Waals surface area contributed by atoms with Crippen molar-refractivity contribution in [1.82, 2.24) is 20.5 Å². The van der Waals surface area contributed by atoms with Crippen molar-refractivity contribution in [1.29, 1.82) is 0 Å². The molecule has 1 saturated heterocycles. The van der Waals surface area contributed by atoms with Gasteiger partial charge in [-0.15, -0.1) is 0 Å². The fourth-order valence-electron chi connectivity index (χ4n) is 6.08. The van der Waals surface area contributed by atoms with Crippen LogP contribution in [0.1, 0.15) is 61.8 Å². The number of aliphatic hydroxyl groups excluding tert-OH is 1. The number of rotatable bonds is 8. The minimum atomic E-state index is -5.03. The van der Waals surface area contributed by atoms with Gasteiger partial charge in [-0.25, -0.2) is 8.42 Å². The van der Waals surface area contributed by atoms with Crippen molar-refractivity contribution in [2.24, 2.45) is 23.2 Å². The molecule has 11 nitrogen and oxygen atoms in total. The van der Waals surface area contributed by atoms with E-state index in [1.54, 1.807) is 6.07 Å². The molecule has 4 aliphatic rings. The molecule has 1 aromatic heterocycles. The Hall–Kier alpha value is -1.70. The van der Waals surface area contributed by atoms with E-state index >= 15 is 0 Å². The van der Waals surface area contributed by atoms with Crippen LogP contribution in [0.25, 0.3) is 6.08 Å². The van der Waals surface area contributed by atoms with Gasteiger partial charge < -0.3 is 30.2 Å². The van der Waals surface area contributed by atoms with Crippen molar-refractivity contribution in [2.45, 2.75) is 70.0 Å². The van der Waals surface area contributed by atoms with Crippen LogP contribution in [0.2, 0.25) is 0 Å². The molecule has 202 valence electrons. The second-order valence-corrected chi connectivity index (χ2v) is 12.9. The van der Waals surface area contributed by atoms with E-state index in [2.05, 4.69) is 15.6 Å². The van der Waals surface area contributed by atoms with Gasteiger partial charge in [0.1, 0.15) is 27.9 Å². The first-order chi connectivity index (χ1) is 17.3. The van der Waals surface area contributed by atoms with Crippen molar-refractivity contribution < 1.29 is 62.0 Å². The van der Waals surface area contributed by atoms with Gasteiger partial charge in [0.05, 0.1) is 6.04 Å². The molecule has 2 heterocycles. The average Bonchev–Trinajstić information content (AvgIpc) is 3.61. The molecule has 6 atom stereocenters. The van der Waals surface area contributed by atoms with Gasteiger partial charge in [-0.1, -0.05) is 26.0 Å². The fourth-order valence-corrected chi connectivity index (χ4v) is 6.65. The number of aliphatic hydroxyl groups is 1. The summed E-state index contributed by atoms with van der Waals surface area (Å²) in [6.45, 7) is 5.58. The number of aromatic nitrogens is 1. The van der Waals surface area contributed by atoms with E-state index in [0.29, 0.717) is 12.2 Å². The van der Waals surface area contributed by atoms with Gasteiger partial charge in [-0.2, -0.15) is 0 Å². The number of nitrogens with zero attached hydrogens (tertiary/aromatic N) is 1. The number of carbonyl (C=O) groups excluding carboxylic acids is 3. The number of aromatic amines is 1. The van der Waals surface area contributed by atoms with Crippen LogP contribution in [0.5, 0.6) is 0 Å². The Bertz CT molecular complexity index is 1270. The van der Waals surface area contributed by atoms with Crippen molar-refractivity contribution in [3.63, 3.8) is 0 Å². The summed E-state index contributed by atoms with van der Waals surface area (Å²) >= 11 is 0. The monoisotopic (exact) mass is 556 g/mol. The summed E-state index contributed by atoms with van der Waals surface area (Å²) < 4.78 is 33.6. The summed E-state index contributed by atoms with van der Waals surface area (Å²) in [4.78, 5) is 44.8. The second-order valence-electron chi connectivity index (χ2n) is 11.4. The number of hydrogen-bond donors (Lipinski definition) is 4. The van der Waals surface area contributed by atoms with Crippen molar-refractivity contribution in [3.8, 4) is 0 Å². The smallest absolute Gasteiger partial charge is 0.746 e. The molecule has 13 heteroatoms. The third kappa shape index (κ3) is 5.35. The number of amides is 3. The number of H-pyrrole nitrogens is 1. The first-order valence-electron chi connectivity index (χ1n) is 12.7. The van der Waals surface area contributed by atoms with Crippen LogP contribution in [-0.4, -0.2) is 75.8 Å². The summed E-state index contributed by atoms with van der Waals surface area (Å²) in [6, 6.07) is -1.25. The van der Waals surface area contributed by atoms with Gasteiger partial charge >= 0.3 is 29.6 Å². The SMILES string of the molecule is C[C@H](NC(=O)[C@@H]1[C@@H]2[C@H](CN1C(=O)[C@@H](NC(=O)c1cc3c([nH]1)CCC=C3)C1CC1)C2(C)C)C(O)S(=O)(=O)[O-].[Na+]. The van der Waals surface area contributed by atoms with Crippen LogP contribution in [0.4, 0.5) is 0 Å². The number of likely N-dealkylation sites (tertiary alicyclic amines) is 1. The van der Waals surface area contributed by atoms with E-state index in [4.69, 9.17) is 0 Å². The molecule has 1 aliphatic heterocycles. The second kappa shape index (κ2) is 10.4. The molecule has 0 spiro atoms. The van der Waals surface area contributed by atoms with Crippen molar-refractivity contribution >= 4 is 33.9 Å². The predicted octanol–water partition coefficient (Wildman–Crippen LogP) is -2.66. The Labute approximate surface area is 244 Å². The number of piperidine rings is 1. The molecule has 38 heavy (non-hydrogen) atoms. The topological polar surface area (TPSA) is 172 Å². The zero-order chi connectivity index (χ0) is 26.9. The van der Waals surface area contributed by atoms with Gasteiger partial charge in [0.15, 0.2) is 5.44 Å². The summed E-state index contributed by atoms with van der Waals surface area (Å²) in [5.41, 5.74) is -0.167. The Balaban J connectivity index is 0.00000336. The summed E-state index contributed by atoms with van der Waals surface area (Å²) in [7, 11) is -5.03. The van der Waals surface area contributed by atoms with Crippen LogP contribution in [0, 0.1) is 23.2 Å². The van der Waals surface area contributed by atoms with Gasteiger partial charge in [-0.05, 0) is 67.4 Å². The van der Waals surface area contributed by atoms with Crippen LogP contribution < -0.4 is 40.2 Å². The molecule has 0 bridgehead atoms. The van der Waals surface area contributed by atoms with E-state index in [1.165, 1.54) is 11.8 Å². The van der Waals surface area contributed by atoms with Crippen LogP contribution in [0.3, 0.4) is 0 Å². The third-order valence-corrected chi connectivity index (χ3v) is 9.54. The molecule has 1 unspecified atom stereocenters. The van der Waals surface area contributed by atoms with Crippen LogP contribution in [0.15, 0.2) is 12.1 Å². The van der Waals surface area contributed by atoms with E-state index in [-0.39, 0.29) is 64.5 Å². The molecular weight excluding hydrogens is 523 g/mol. The number of nitrogens with one attached hydrogen (secondary N) is 3. The number of allylic oxidation sites excluding steroid dienone is 1. The fraction of sp³-hybridized carbons (Fsp3) is 0.640. The molecule has 3 aliphatic carbocycles. The summed E-state index contributed by atoms with van der Waals surface area (Å²) in [6.07, 6.45) is 7.29. The maximum Gasteiger partial charge on any atom is 1.00 e. The van der Waals surface area contributed by atoms with Gasteiger partial charge in [0, 0.05) is 12.2 Å². The zero-order valence-corrected chi connectivity index (χ0v) is 24.9. The Morgan fingerprint density at radius 3 is 2.53 bits per heavy atom. The Kier molecular flexibility index (Phi) is 7.99. The number of fused-ring (bicyclic) bond motifs is 2.